The minimum Gasteiger partial charge on any atom is -0.337 e. The summed E-state index contributed by atoms with van der Waals surface area (Å²) in [5, 5.41) is 0. The molecule has 5 rings (SSSR count). The maximum Gasteiger partial charge on any atom is 0.159 e. The quantitative estimate of drug-likeness (QED) is 0.260. The molecule has 5 aromatic rings. The van der Waals surface area contributed by atoms with Crippen molar-refractivity contribution >= 4 is 22.1 Å². The summed E-state index contributed by atoms with van der Waals surface area (Å²) in [5.41, 5.74) is 5.87. The number of H-pyrrole nitrogens is 1. The van der Waals surface area contributed by atoms with Gasteiger partial charge in [0.1, 0.15) is 11.4 Å². The molecule has 0 aliphatic carbocycles. The highest BCUT2D eigenvalue weighted by atomic mass is 15.1. The maximum atomic E-state index is 4.96. The SMILES string of the molecule is CCCCCCCCn1c(-c2cccc(-c3nc4ccccc4[nH]3)n2)nc2ccccc21. The van der Waals surface area contributed by atoms with Gasteiger partial charge in [-0.05, 0) is 42.8 Å². The molecule has 0 bridgehead atoms. The van der Waals surface area contributed by atoms with Gasteiger partial charge in [-0.1, -0.05) is 69.4 Å². The predicted molar refractivity (Wildman–Crippen MR) is 131 cm³/mol. The Morgan fingerprint density at radius 3 is 2.31 bits per heavy atom. The first-order chi connectivity index (χ1) is 15.8. The minimum absolute atomic E-state index is 0.784. The van der Waals surface area contributed by atoms with E-state index in [0.717, 1.165) is 52.6 Å². The van der Waals surface area contributed by atoms with Crippen LogP contribution in [0.5, 0.6) is 0 Å². The van der Waals surface area contributed by atoms with Crippen molar-refractivity contribution < 1.29 is 0 Å². The van der Waals surface area contributed by atoms with E-state index >= 15 is 0 Å². The largest absolute Gasteiger partial charge is 0.337 e. The van der Waals surface area contributed by atoms with Crippen LogP contribution in [0.2, 0.25) is 0 Å². The van der Waals surface area contributed by atoms with E-state index in [1.807, 2.05) is 48.5 Å². The molecule has 0 unspecified atom stereocenters. The van der Waals surface area contributed by atoms with E-state index in [1.165, 1.54) is 37.6 Å². The van der Waals surface area contributed by atoms with E-state index in [2.05, 4.69) is 34.7 Å². The summed E-state index contributed by atoms with van der Waals surface area (Å²) in [6.45, 7) is 3.22. The van der Waals surface area contributed by atoms with Gasteiger partial charge in [-0.3, -0.25) is 0 Å². The zero-order valence-corrected chi connectivity index (χ0v) is 18.6. The summed E-state index contributed by atoms with van der Waals surface area (Å²) >= 11 is 0. The highest BCUT2D eigenvalue weighted by Crippen LogP contribution is 2.27. The second-order valence-electron chi connectivity index (χ2n) is 8.35. The van der Waals surface area contributed by atoms with Gasteiger partial charge in [0.2, 0.25) is 0 Å². The molecule has 0 saturated carbocycles. The van der Waals surface area contributed by atoms with E-state index < -0.39 is 0 Å². The van der Waals surface area contributed by atoms with Crippen LogP contribution in [0.4, 0.5) is 0 Å². The van der Waals surface area contributed by atoms with Crippen LogP contribution in [-0.4, -0.2) is 24.5 Å². The average molecular weight is 424 g/mol. The lowest BCUT2D eigenvalue weighted by atomic mass is 10.1. The molecule has 5 heteroatoms. The number of aromatic amines is 1. The number of nitrogens with zero attached hydrogens (tertiary/aromatic N) is 4. The summed E-state index contributed by atoms with van der Waals surface area (Å²) in [7, 11) is 0. The van der Waals surface area contributed by atoms with Gasteiger partial charge in [0, 0.05) is 6.54 Å². The molecule has 0 radical (unpaired) electrons. The number of rotatable bonds is 9. The molecule has 0 spiro atoms. The van der Waals surface area contributed by atoms with Crippen molar-refractivity contribution in [1.82, 2.24) is 24.5 Å². The molecule has 0 fully saturated rings. The van der Waals surface area contributed by atoms with Crippen molar-refractivity contribution in [2.24, 2.45) is 0 Å². The molecule has 162 valence electrons. The van der Waals surface area contributed by atoms with Crippen LogP contribution in [0.3, 0.4) is 0 Å². The molecule has 0 amide bonds. The van der Waals surface area contributed by atoms with Crippen LogP contribution in [0, 0.1) is 0 Å². The second kappa shape index (κ2) is 9.35. The van der Waals surface area contributed by atoms with Crippen LogP contribution in [0.25, 0.3) is 45.1 Å². The van der Waals surface area contributed by atoms with E-state index in [9.17, 15) is 0 Å². The molecular weight excluding hydrogens is 394 g/mol. The smallest absolute Gasteiger partial charge is 0.159 e. The van der Waals surface area contributed by atoms with Crippen LogP contribution in [-0.2, 0) is 6.54 Å². The lowest BCUT2D eigenvalue weighted by Gasteiger charge is -2.10. The number of hydrogen-bond acceptors (Lipinski definition) is 3. The van der Waals surface area contributed by atoms with Crippen molar-refractivity contribution in [2.45, 2.75) is 52.0 Å². The van der Waals surface area contributed by atoms with E-state index in [1.54, 1.807) is 0 Å². The fraction of sp³-hybridized carbons (Fsp3) is 0.296. The zero-order chi connectivity index (χ0) is 21.8. The fourth-order valence-electron chi connectivity index (χ4n) is 4.31. The maximum absolute atomic E-state index is 4.96. The summed E-state index contributed by atoms with van der Waals surface area (Å²) in [6.07, 6.45) is 7.64. The first-order valence-electron chi connectivity index (χ1n) is 11.7. The molecule has 2 aromatic carbocycles. The molecule has 0 aliphatic rings. The van der Waals surface area contributed by atoms with E-state index in [0.29, 0.717) is 0 Å². The molecule has 5 nitrogen and oxygen atoms in total. The second-order valence-corrected chi connectivity index (χ2v) is 8.35. The minimum atomic E-state index is 0.784. The Morgan fingerprint density at radius 1 is 0.688 bits per heavy atom. The Hall–Kier alpha value is -3.47. The van der Waals surface area contributed by atoms with Gasteiger partial charge in [-0.15, -0.1) is 0 Å². The van der Waals surface area contributed by atoms with Crippen molar-refractivity contribution in [3.8, 4) is 23.0 Å². The Bertz CT molecular complexity index is 1300. The van der Waals surface area contributed by atoms with E-state index in [-0.39, 0.29) is 0 Å². The number of unbranched alkanes of at least 4 members (excludes halogenated alkanes) is 5. The van der Waals surface area contributed by atoms with Gasteiger partial charge in [-0.2, -0.15) is 0 Å². The number of fused-ring (bicyclic) bond motifs is 2. The van der Waals surface area contributed by atoms with Gasteiger partial charge in [0.25, 0.3) is 0 Å². The van der Waals surface area contributed by atoms with Gasteiger partial charge in [-0.25, -0.2) is 15.0 Å². The number of hydrogen-bond donors (Lipinski definition) is 1. The number of aryl methyl sites for hydroxylation is 1. The van der Waals surface area contributed by atoms with Crippen LogP contribution in [0.1, 0.15) is 45.4 Å². The third-order valence-electron chi connectivity index (χ3n) is 6.00. The topological polar surface area (TPSA) is 59.4 Å². The number of nitrogens with one attached hydrogen (secondary N) is 1. The summed E-state index contributed by atoms with van der Waals surface area (Å²) < 4.78 is 2.33. The Balaban J connectivity index is 1.47. The highest BCUT2D eigenvalue weighted by molar-refractivity contribution is 5.81. The Kier molecular flexibility index (Phi) is 5.97. The van der Waals surface area contributed by atoms with Crippen molar-refractivity contribution in [3.05, 3.63) is 66.7 Å². The average Bonchev–Trinajstić information content (AvgIpc) is 3.43. The first kappa shape index (κ1) is 20.4. The first-order valence-corrected chi connectivity index (χ1v) is 11.7. The molecule has 32 heavy (non-hydrogen) atoms. The third-order valence-corrected chi connectivity index (χ3v) is 6.00. The lowest BCUT2D eigenvalue weighted by molar-refractivity contribution is 0.566. The molecular formula is C27H29N5. The van der Waals surface area contributed by atoms with Crippen LogP contribution >= 0.6 is 0 Å². The molecule has 3 aromatic heterocycles. The monoisotopic (exact) mass is 423 g/mol. The number of aromatic nitrogens is 5. The van der Waals surface area contributed by atoms with E-state index in [4.69, 9.17) is 15.0 Å². The predicted octanol–water partition coefficient (Wildman–Crippen LogP) is 7.00. The number of imidazole rings is 2. The van der Waals surface area contributed by atoms with Gasteiger partial charge < -0.3 is 9.55 Å². The number of pyridine rings is 1. The number of para-hydroxylation sites is 4. The summed E-state index contributed by atoms with van der Waals surface area (Å²) in [4.78, 5) is 18.0. The Morgan fingerprint density at radius 2 is 1.44 bits per heavy atom. The zero-order valence-electron chi connectivity index (χ0n) is 18.6. The molecule has 3 heterocycles. The van der Waals surface area contributed by atoms with Gasteiger partial charge >= 0.3 is 0 Å². The molecule has 0 aliphatic heterocycles. The third kappa shape index (κ3) is 4.15. The van der Waals surface area contributed by atoms with Crippen LogP contribution < -0.4 is 0 Å². The van der Waals surface area contributed by atoms with Crippen molar-refractivity contribution in [3.63, 3.8) is 0 Å². The molecule has 1 N–H and O–H groups in total. The summed E-state index contributed by atoms with van der Waals surface area (Å²) in [6, 6.07) is 22.5. The lowest BCUT2D eigenvalue weighted by Crippen LogP contribution is -2.02. The highest BCUT2D eigenvalue weighted by Gasteiger charge is 2.15. The standard InChI is InChI=1S/C27H29N5/c1-2-3-4-5-6-11-19-32-25-18-10-9-15-22(25)31-27(32)24-17-12-16-23(28-24)26-29-20-13-7-8-14-21(20)30-26/h7-10,12-18H,2-6,11,19H2,1H3,(H,29,30). The molecule has 0 saturated heterocycles. The van der Waals surface area contributed by atoms with Crippen molar-refractivity contribution in [1.29, 1.82) is 0 Å². The molecule has 0 atom stereocenters. The van der Waals surface area contributed by atoms with Crippen LogP contribution in [0.15, 0.2) is 66.7 Å². The normalized spacial score (nSPS) is 11.5. The summed E-state index contributed by atoms with van der Waals surface area (Å²) in [5.74, 6) is 1.71. The Labute approximate surface area is 188 Å². The van der Waals surface area contributed by atoms with Gasteiger partial charge in [0.15, 0.2) is 11.6 Å². The van der Waals surface area contributed by atoms with Crippen molar-refractivity contribution in [2.75, 3.05) is 0 Å². The van der Waals surface area contributed by atoms with Gasteiger partial charge in [0.05, 0.1) is 22.1 Å². The fourth-order valence-corrected chi connectivity index (χ4v) is 4.31. The number of benzene rings is 2.